The molecule has 0 radical (unpaired) electrons. The summed E-state index contributed by atoms with van der Waals surface area (Å²) in [6.07, 6.45) is 5.33. The van der Waals surface area contributed by atoms with Gasteiger partial charge in [-0.1, -0.05) is 18.2 Å². The molecule has 1 unspecified atom stereocenters. The molecule has 5 N–H and O–H groups in total. The highest BCUT2D eigenvalue weighted by molar-refractivity contribution is 6.12. The Morgan fingerprint density at radius 2 is 1.89 bits per heavy atom. The average Bonchev–Trinajstić information content (AvgIpc) is 3.64. The van der Waals surface area contributed by atoms with E-state index in [4.69, 9.17) is 15.3 Å². The molecule has 16 nitrogen and oxygen atoms in total. The number of amides is 3. The fourth-order valence-electron chi connectivity index (χ4n) is 5.77. The maximum atomic E-state index is 13.4. The number of carboxylic acid groups (broad SMARTS) is 1. The molecule has 1 aromatic carbocycles. The van der Waals surface area contributed by atoms with Crippen LogP contribution in [0.3, 0.4) is 0 Å². The number of carbonyl (C=O) groups excluding carboxylic acids is 2. The van der Waals surface area contributed by atoms with Gasteiger partial charge < -0.3 is 25.5 Å². The van der Waals surface area contributed by atoms with Crippen molar-refractivity contribution < 1.29 is 23.9 Å². The second kappa shape index (κ2) is 13.3. The molecule has 2 aliphatic heterocycles. The zero-order chi connectivity index (χ0) is 31.3. The normalized spacial score (nSPS) is 18.1. The fraction of sp³-hybridized carbons (Fsp3) is 0.414. The Hall–Kier alpha value is -5.09. The number of carbonyl (C=O) groups is 3. The minimum atomic E-state index is -1.01. The van der Waals surface area contributed by atoms with Crippen molar-refractivity contribution in [1.29, 1.82) is 0 Å². The van der Waals surface area contributed by atoms with Crippen molar-refractivity contribution in [3.63, 3.8) is 0 Å². The molecular weight excluding hydrogens is 582 g/mol. The third-order valence-electron chi connectivity index (χ3n) is 8.09. The van der Waals surface area contributed by atoms with Gasteiger partial charge in [0, 0.05) is 65.0 Å². The van der Waals surface area contributed by atoms with Gasteiger partial charge in [0.1, 0.15) is 17.7 Å². The summed E-state index contributed by atoms with van der Waals surface area (Å²) < 4.78 is 7.32. The minimum Gasteiger partial charge on any atom is -0.465 e. The van der Waals surface area contributed by atoms with Gasteiger partial charge in [-0.25, -0.2) is 19.4 Å². The molecule has 45 heavy (non-hydrogen) atoms. The molecule has 0 aliphatic carbocycles. The smallest absolute Gasteiger partial charge is 0.404 e. The van der Waals surface area contributed by atoms with Crippen molar-refractivity contribution in [3.8, 4) is 0 Å². The number of piperazine rings is 1. The number of fused-ring (bicyclic) bond motifs is 2. The molecule has 0 spiro atoms. The molecule has 3 amide bonds. The Labute approximate surface area is 257 Å². The summed E-state index contributed by atoms with van der Waals surface area (Å²) in [6.45, 7) is 6.14. The number of likely N-dealkylation sites (tertiary alicyclic amines) is 1. The molecule has 2 saturated heterocycles. The number of nitrogens with one attached hydrogen (secondary N) is 2. The van der Waals surface area contributed by atoms with E-state index >= 15 is 0 Å². The number of aromatic nitrogens is 5. The van der Waals surface area contributed by atoms with Crippen LogP contribution in [0.15, 0.2) is 47.2 Å². The molecule has 0 saturated carbocycles. The predicted octanol–water partition coefficient (Wildman–Crippen LogP) is 1.41. The maximum absolute atomic E-state index is 13.4. The first kappa shape index (κ1) is 30.0. The van der Waals surface area contributed by atoms with E-state index in [0.29, 0.717) is 54.9 Å². The zero-order valence-corrected chi connectivity index (χ0v) is 24.6. The number of hydrogen-bond acceptors (Lipinski definition) is 11. The lowest BCUT2D eigenvalue weighted by atomic mass is 10.1. The van der Waals surface area contributed by atoms with E-state index in [-0.39, 0.29) is 29.5 Å². The van der Waals surface area contributed by atoms with E-state index in [0.717, 1.165) is 39.0 Å². The molecule has 1 atom stereocenters. The van der Waals surface area contributed by atoms with E-state index in [1.54, 1.807) is 27.8 Å². The number of anilines is 2. The SMILES string of the molecule is Nc1ncnc2c1c(C(=O)Nc1nc3ccccc3o1)nn2C1CCCN(C(=O)C=CCN2CCN(CCNC(=O)O)CC2)C1. The van der Waals surface area contributed by atoms with Gasteiger partial charge in [0.25, 0.3) is 5.91 Å². The van der Waals surface area contributed by atoms with E-state index < -0.39 is 12.0 Å². The first-order valence-corrected chi connectivity index (χ1v) is 14.9. The summed E-state index contributed by atoms with van der Waals surface area (Å²) in [6, 6.07) is 7.00. The van der Waals surface area contributed by atoms with Crippen molar-refractivity contribution >= 4 is 51.9 Å². The Morgan fingerprint density at radius 3 is 2.69 bits per heavy atom. The van der Waals surface area contributed by atoms with Crippen LogP contribution in [-0.4, -0.2) is 121 Å². The number of piperidine rings is 1. The molecule has 6 rings (SSSR count). The Kier molecular flexibility index (Phi) is 8.84. The standard InChI is InChI=1S/C29H35N11O5/c30-25-23-24(27(42)35-28-34-20-6-1-2-7-21(20)45-28)36-40(26(23)33-18-32-25)19-5-3-11-39(17-19)22(41)8-4-10-37-13-15-38(16-14-37)12-9-31-29(43)44/h1-2,4,6-8,18-19,31H,3,5,9-17H2,(H,43,44)(H2,30,32,33)(H,34,35,42). The van der Waals surface area contributed by atoms with Crippen LogP contribution in [0.1, 0.15) is 29.4 Å². The molecule has 5 heterocycles. The number of benzene rings is 1. The van der Waals surface area contributed by atoms with E-state index in [2.05, 4.69) is 40.5 Å². The Morgan fingerprint density at radius 1 is 1.09 bits per heavy atom. The molecule has 2 fully saturated rings. The van der Waals surface area contributed by atoms with E-state index in [1.807, 2.05) is 18.2 Å². The van der Waals surface area contributed by atoms with Crippen LogP contribution in [0.5, 0.6) is 0 Å². The third-order valence-corrected chi connectivity index (χ3v) is 8.09. The van der Waals surface area contributed by atoms with Crippen LogP contribution < -0.4 is 16.4 Å². The van der Waals surface area contributed by atoms with Crippen LogP contribution in [0.25, 0.3) is 22.1 Å². The summed E-state index contributed by atoms with van der Waals surface area (Å²) >= 11 is 0. The number of nitrogens with zero attached hydrogens (tertiary/aromatic N) is 8. The second-order valence-corrected chi connectivity index (χ2v) is 11.0. The summed E-state index contributed by atoms with van der Waals surface area (Å²) in [7, 11) is 0. The number of nitrogens with two attached hydrogens (primary N) is 1. The third kappa shape index (κ3) is 6.86. The topological polar surface area (TPSA) is 201 Å². The highest BCUT2D eigenvalue weighted by atomic mass is 16.4. The Bertz CT molecular complexity index is 1690. The number of hydrogen-bond donors (Lipinski definition) is 4. The van der Waals surface area contributed by atoms with Crippen LogP contribution in [-0.2, 0) is 4.79 Å². The molecule has 4 aromatic rings. The molecule has 3 aromatic heterocycles. The molecule has 16 heteroatoms. The summed E-state index contributed by atoms with van der Waals surface area (Å²) in [4.78, 5) is 56.2. The van der Waals surface area contributed by atoms with Crippen LogP contribution in [0.4, 0.5) is 16.6 Å². The van der Waals surface area contributed by atoms with Gasteiger partial charge in [-0.05, 0) is 25.0 Å². The maximum Gasteiger partial charge on any atom is 0.404 e. The first-order chi connectivity index (χ1) is 21.9. The highest BCUT2D eigenvalue weighted by Gasteiger charge is 2.30. The van der Waals surface area contributed by atoms with E-state index in [1.165, 1.54) is 6.33 Å². The first-order valence-electron chi connectivity index (χ1n) is 14.9. The van der Waals surface area contributed by atoms with Gasteiger partial charge in [-0.2, -0.15) is 10.1 Å². The van der Waals surface area contributed by atoms with Crippen molar-refractivity contribution in [2.75, 3.05) is 70.0 Å². The monoisotopic (exact) mass is 617 g/mol. The lowest BCUT2D eigenvalue weighted by Crippen LogP contribution is -2.48. The van der Waals surface area contributed by atoms with Crippen LogP contribution >= 0.6 is 0 Å². The van der Waals surface area contributed by atoms with Gasteiger partial charge in [-0.15, -0.1) is 0 Å². The number of oxazole rings is 1. The number of nitrogen functional groups attached to an aromatic ring is 1. The van der Waals surface area contributed by atoms with Crippen molar-refractivity contribution in [1.82, 2.24) is 44.7 Å². The van der Waals surface area contributed by atoms with Crippen molar-refractivity contribution in [2.45, 2.75) is 18.9 Å². The van der Waals surface area contributed by atoms with Gasteiger partial charge in [-0.3, -0.25) is 24.7 Å². The van der Waals surface area contributed by atoms with Gasteiger partial charge in [0.15, 0.2) is 16.9 Å². The summed E-state index contributed by atoms with van der Waals surface area (Å²) in [5, 5.41) is 18.7. The van der Waals surface area contributed by atoms with Gasteiger partial charge in [0.2, 0.25) is 5.91 Å². The van der Waals surface area contributed by atoms with E-state index in [9.17, 15) is 14.4 Å². The van der Waals surface area contributed by atoms with Crippen LogP contribution in [0, 0.1) is 0 Å². The van der Waals surface area contributed by atoms with Gasteiger partial charge >= 0.3 is 12.1 Å². The second-order valence-electron chi connectivity index (χ2n) is 11.0. The quantitative estimate of drug-likeness (QED) is 0.197. The number of rotatable bonds is 9. The average molecular weight is 618 g/mol. The predicted molar refractivity (Wildman–Crippen MR) is 165 cm³/mol. The van der Waals surface area contributed by atoms with Crippen molar-refractivity contribution in [2.24, 2.45) is 0 Å². The minimum absolute atomic E-state index is 0.0375. The highest BCUT2D eigenvalue weighted by Crippen LogP contribution is 2.29. The molecule has 0 bridgehead atoms. The molecule has 236 valence electrons. The fourth-order valence-corrected chi connectivity index (χ4v) is 5.77. The molecular formula is C29H35N11O5. The van der Waals surface area contributed by atoms with Crippen molar-refractivity contribution in [3.05, 3.63) is 48.4 Å². The lowest BCUT2D eigenvalue weighted by molar-refractivity contribution is -0.127. The summed E-state index contributed by atoms with van der Waals surface area (Å²) in [5.41, 5.74) is 7.81. The van der Waals surface area contributed by atoms with Crippen LogP contribution in [0.2, 0.25) is 0 Å². The summed E-state index contributed by atoms with van der Waals surface area (Å²) in [5.74, 6) is -0.521. The number of para-hydroxylation sites is 2. The molecule has 2 aliphatic rings. The zero-order valence-electron chi connectivity index (χ0n) is 24.6. The van der Waals surface area contributed by atoms with Gasteiger partial charge in [0.05, 0.1) is 11.4 Å². The lowest BCUT2D eigenvalue weighted by Gasteiger charge is -2.34. The largest absolute Gasteiger partial charge is 0.465 e. The Balaban J connectivity index is 1.09.